The number of aromatic nitrogens is 1. The zero-order valence-corrected chi connectivity index (χ0v) is 13.8. The number of hydrogen-bond acceptors (Lipinski definition) is 4. The van der Waals surface area contributed by atoms with Crippen LogP contribution in [0.3, 0.4) is 0 Å². The van der Waals surface area contributed by atoms with Crippen molar-refractivity contribution < 1.29 is 13.2 Å². The summed E-state index contributed by atoms with van der Waals surface area (Å²) in [6.07, 6.45) is 2.56. The van der Waals surface area contributed by atoms with E-state index in [2.05, 4.69) is 6.92 Å². The fourth-order valence-corrected chi connectivity index (χ4v) is 4.39. The standard InChI is InChI=1S/C14H25N3O3S/c1-4-5-16-9-14(6-13(16)7-15)21(18,19)17-8-12(3)20-10-11(17)2/h6,9,11-12H,4-5,7-8,10,15H2,1-3H3. The lowest BCUT2D eigenvalue weighted by atomic mass is 10.2. The minimum absolute atomic E-state index is 0.0809. The Balaban J connectivity index is 2.34. The highest BCUT2D eigenvalue weighted by molar-refractivity contribution is 7.89. The molecule has 1 aliphatic heterocycles. The molecule has 1 aromatic heterocycles. The normalized spacial score (nSPS) is 24.4. The first-order chi connectivity index (χ1) is 9.90. The largest absolute Gasteiger partial charge is 0.375 e. The summed E-state index contributed by atoms with van der Waals surface area (Å²) in [6, 6.07) is 1.54. The van der Waals surface area contributed by atoms with Gasteiger partial charge in [0.25, 0.3) is 0 Å². The van der Waals surface area contributed by atoms with Gasteiger partial charge in [0, 0.05) is 37.6 Å². The van der Waals surface area contributed by atoms with E-state index in [1.54, 1.807) is 12.3 Å². The molecule has 0 amide bonds. The number of morpholine rings is 1. The molecular weight excluding hydrogens is 290 g/mol. The molecule has 2 N–H and O–H groups in total. The molecule has 7 heteroatoms. The highest BCUT2D eigenvalue weighted by Crippen LogP contribution is 2.24. The van der Waals surface area contributed by atoms with Crippen molar-refractivity contribution >= 4 is 10.0 Å². The predicted octanol–water partition coefficient (Wildman–Crippen LogP) is 1.15. The van der Waals surface area contributed by atoms with E-state index < -0.39 is 10.0 Å². The summed E-state index contributed by atoms with van der Waals surface area (Å²) in [5, 5.41) is 0. The summed E-state index contributed by atoms with van der Waals surface area (Å²) < 4.78 is 34.7. The second kappa shape index (κ2) is 6.48. The first-order valence-electron chi connectivity index (χ1n) is 7.42. The summed E-state index contributed by atoms with van der Waals surface area (Å²) >= 11 is 0. The maximum Gasteiger partial charge on any atom is 0.245 e. The second-order valence-electron chi connectivity index (χ2n) is 5.63. The fourth-order valence-electron chi connectivity index (χ4n) is 2.63. The molecule has 120 valence electrons. The van der Waals surface area contributed by atoms with Crippen LogP contribution in [0.5, 0.6) is 0 Å². The molecule has 1 aromatic rings. The monoisotopic (exact) mass is 315 g/mol. The van der Waals surface area contributed by atoms with Gasteiger partial charge in [0.1, 0.15) is 4.90 Å². The molecule has 0 saturated carbocycles. The van der Waals surface area contributed by atoms with Crippen LogP contribution in [-0.4, -0.2) is 42.6 Å². The number of hydrogen-bond donors (Lipinski definition) is 1. The molecule has 1 aliphatic rings. The Morgan fingerprint density at radius 2 is 2.14 bits per heavy atom. The van der Waals surface area contributed by atoms with Crippen molar-refractivity contribution in [2.75, 3.05) is 13.2 Å². The first-order valence-corrected chi connectivity index (χ1v) is 8.86. The number of ether oxygens (including phenoxy) is 1. The Morgan fingerprint density at radius 3 is 2.76 bits per heavy atom. The third-order valence-corrected chi connectivity index (χ3v) is 5.74. The van der Waals surface area contributed by atoms with E-state index >= 15 is 0 Å². The van der Waals surface area contributed by atoms with Crippen molar-refractivity contribution in [3.8, 4) is 0 Å². The van der Waals surface area contributed by atoms with Crippen molar-refractivity contribution in [2.24, 2.45) is 5.73 Å². The van der Waals surface area contributed by atoms with E-state index in [1.165, 1.54) is 4.31 Å². The number of sulfonamides is 1. The molecule has 2 unspecified atom stereocenters. The Kier molecular flexibility index (Phi) is 5.08. The van der Waals surface area contributed by atoms with Crippen LogP contribution in [0.2, 0.25) is 0 Å². The van der Waals surface area contributed by atoms with Crippen LogP contribution in [0.15, 0.2) is 17.2 Å². The molecule has 0 radical (unpaired) electrons. The van der Waals surface area contributed by atoms with Crippen molar-refractivity contribution in [3.05, 3.63) is 18.0 Å². The van der Waals surface area contributed by atoms with Gasteiger partial charge in [0.15, 0.2) is 0 Å². The predicted molar refractivity (Wildman–Crippen MR) is 81.4 cm³/mol. The Bertz CT molecular complexity index is 582. The Hall–Kier alpha value is -0.890. The van der Waals surface area contributed by atoms with Gasteiger partial charge in [-0.3, -0.25) is 0 Å². The first kappa shape index (κ1) is 16.5. The molecule has 0 bridgehead atoms. The Labute approximate surface area is 126 Å². The lowest BCUT2D eigenvalue weighted by molar-refractivity contribution is -0.0170. The number of nitrogens with zero attached hydrogens (tertiary/aromatic N) is 2. The highest BCUT2D eigenvalue weighted by Gasteiger charge is 2.34. The molecule has 2 heterocycles. The molecule has 6 nitrogen and oxygen atoms in total. The molecule has 0 aromatic carbocycles. The van der Waals surface area contributed by atoms with Crippen LogP contribution < -0.4 is 5.73 Å². The summed E-state index contributed by atoms with van der Waals surface area (Å²) in [4.78, 5) is 0.331. The molecule has 2 rings (SSSR count). The molecule has 1 saturated heterocycles. The summed E-state index contributed by atoms with van der Waals surface area (Å²) in [5.74, 6) is 0. The van der Waals surface area contributed by atoms with Gasteiger partial charge >= 0.3 is 0 Å². The maximum atomic E-state index is 12.8. The highest BCUT2D eigenvalue weighted by atomic mass is 32.2. The van der Waals surface area contributed by atoms with Gasteiger partial charge in [-0.2, -0.15) is 4.31 Å². The van der Waals surface area contributed by atoms with Crippen LogP contribution in [-0.2, 0) is 27.8 Å². The van der Waals surface area contributed by atoms with E-state index in [0.717, 1.165) is 18.7 Å². The van der Waals surface area contributed by atoms with Crippen LogP contribution in [0.25, 0.3) is 0 Å². The third-order valence-electron chi connectivity index (χ3n) is 3.79. The smallest absolute Gasteiger partial charge is 0.245 e. The van der Waals surface area contributed by atoms with Gasteiger partial charge in [-0.1, -0.05) is 6.92 Å². The number of rotatable bonds is 5. The second-order valence-corrected chi connectivity index (χ2v) is 7.52. The Morgan fingerprint density at radius 1 is 1.43 bits per heavy atom. The number of nitrogens with two attached hydrogens (primary N) is 1. The summed E-state index contributed by atoms with van der Waals surface area (Å²) in [6.45, 7) is 7.75. The van der Waals surface area contributed by atoms with E-state index in [0.29, 0.717) is 24.6 Å². The maximum absolute atomic E-state index is 12.8. The third kappa shape index (κ3) is 3.31. The quantitative estimate of drug-likeness (QED) is 0.884. The summed E-state index contributed by atoms with van der Waals surface area (Å²) in [7, 11) is -3.50. The molecule has 2 atom stereocenters. The van der Waals surface area contributed by atoms with Gasteiger partial charge in [0.2, 0.25) is 10.0 Å². The van der Waals surface area contributed by atoms with E-state index in [-0.39, 0.29) is 12.1 Å². The summed E-state index contributed by atoms with van der Waals surface area (Å²) in [5.41, 5.74) is 6.57. The average molecular weight is 315 g/mol. The van der Waals surface area contributed by atoms with Gasteiger partial charge < -0.3 is 15.0 Å². The molecule has 21 heavy (non-hydrogen) atoms. The lowest BCUT2D eigenvalue weighted by Crippen LogP contribution is -2.49. The van der Waals surface area contributed by atoms with E-state index in [4.69, 9.17) is 10.5 Å². The van der Waals surface area contributed by atoms with Gasteiger partial charge in [-0.15, -0.1) is 0 Å². The van der Waals surface area contributed by atoms with Crippen molar-refractivity contribution in [1.29, 1.82) is 0 Å². The SMILES string of the molecule is CCCn1cc(S(=O)(=O)N2CC(C)OCC2C)cc1CN. The van der Waals surface area contributed by atoms with Crippen molar-refractivity contribution in [3.63, 3.8) is 0 Å². The minimum Gasteiger partial charge on any atom is -0.375 e. The average Bonchev–Trinajstić information content (AvgIpc) is 2.85. The van der Waals surface area contributed by atoms with Crippen molar-refractivity contribution in [2.45, 2.75) is 57.3 Å². The van der Waals surface area contributed by atoms with E-state index in [1.807, 2.05) is 18.4 Å². The zero-order valence-electron chi connectivity index (χ0n) is 12.9. The number of aryl methyl sites for hydroxylation is 1. The molecule has 0 aliphatic carbocycles. The lowest BCUT2D eigenvalue weighted by Gasteiger charge is -2.35. The van der Waals surface area contributed by atoms with E-state index in [9.17, 15) is 8.42 Å². The molecule has 1 fully saturated rings. The topological polar surface area (TPSA) is 77.6 Å². The molecule has 0 spiro atoms. The van der Waals surface area contributed by atoms with Gasteiger partial charge in [0.05, 0.1) is 12.7 Å². The van der Waals surface area contributed by atoms with Gasteiger partial charge in [-0.25, -0.2) is 8.42 Å². The zero-order chi connectivity index (χ0) is 15.6. The fraction of sp³-hybridized carbons (Fsp3) is 0.714. The van der Waals surface area contributed by atoms with Crippen LogP contribution in [0, 0.1) is 0 Å². The van der Waals surface area contributed by atoms with Crippen molar-refractivity contribution in [1.82, 2.24) is 8.87 Å². The minimum atomic E-state index is -3.50. The van der Waals surface area contributed by atoms with Crippen LogP contribution >= 0.6 is 0 Å². The molecular formula is C14H25N3O3S. The van der Waals surface area contributed by atoms with Crippen LogP contribution in [0.4, 0.5) is 0 Å². The van der Waals surface area contributed by atoms with Crippen LogP contribution in [0.1, 0.15) is 32.9 Å². The van der Waals surface area contributed by atoms with Gasteiger partial charge in [-0.05, 0) is 26.3 Å².